The van der Waals surface area contributed by atoms with Crippen LogP contribution in [0.25, 0.3) is 0 Å². The number of phenolic OH excluding ortho intramolecular Hbond substituents is 2. The summed E-state index contributed by atoms with van der Waals surface area (Å²) in [5.74, 6) is 0.485. The minimum absolute atomic E-state index is 0.00394. The molecule has 2 N–H and O–H groups in total. The SMILES string of the molecule is CN(C)CC1CCCc2cc(O)c(O)cc21. The van der Waals surface area contributed by atoms with Crippen LogP contribution in [0.2, 0.25) is 0 Å². The molecule has 0 radical (unpaired) electrons. The number of aromatic hydroxyl groups is 2. The van der Waals surface area contributed by atoms with Crippen LogP contribution in [0, 0.1) is 0 Å². The maximum Gasteiger partial charge on any atom is 0.157 e. The molecule has 16 heavy (non-hydrogen) atoms. The number of fused-ring (bicyclic) bond motifs is 1. The summed E-state index contributed by atoms with van der Waals surface area (Å²) in [5.41, 5.74) is 2.39. The average molecular weight is 221 g/mol. The summed E-state index contributed by atoms with van der Waals surface area (Å²) in [6.45, 7) is 0.997. The maximum absolute atomic E-state index is 9.56. The molecular formula is C13H19NO2. The number of aryl methyl sites for hydroxylation is 1. The number of rotatable bonds is 2. The van der Waals surface area contributed by atoms with Crippen LogP contribution in [-0.2, 0) is 6.42 Å². The molecule has 2 rings (SSSR count). The lowest BCUT2D eigenvalue weighted by atomic mass is 9.82. The van der Waals surface area contributed by atoms with E-state index in [9.17, 15) is 10.2 Å². The second kappa shape index (κ2) is 4.34. The molecule has 0 saturated carbocycles. The quantitative estimate of drug-likeness (QED) is 0.751. The van der Waals surface area contributed by atoms with Gasteiger partial charge in [0.15, 0.2) is 11.5 Å². The van der Waals surface area contributed by atoms with E-state index in [1.165, 1.54) is 11.1 Å². The van der Waals surface area contributed by atoms with E-state index in [1.54, 1.807) is 12.1 Å². The molecule has 0 bridgehead atoms. The number of hydrogen-bond acceptors (Lipinski definition) is 3. The van der Waals surface area contributed by atoms with E-state index in [4.69, 9.17) is 0 Å². The van der Waals surface area contributed by atoms with Gasteiger partial charge in [-0.05, 0) is 62.5 Å². The maximum atomic E-state index is 9.56. The number of nitrogens with zero attached hydrogens (tertiary/aromatic N) is 1. The first-order valence-electron chi connectivity index (χ1n) is 5.77. The van der Waals surface area contributed by atoms with E-state index in [0.29, 0.717) is 5.92 Å². The predicted octanol–water partition coefficient (Wildman–Crippen LogP) is 2.08. The second-order valence-electron chi connectivity index (χ2n) is 4.89. The van der Waals surface area contributed by atoms with E-state index in [2.05, 4.69) is 19.0 Å². The fourth-order valence-electron chi connectivity index (χ4n) is 2.56. The van der Waals surface area contributed by atoms with E-state index in [1.807, 2.05) is 0 Å². The third-order valence-corrected chi connectivity index (χ3v) is 3.26. The molecule has 1 atom stereocenters. The molecule has 1 aliphatic carbocycles. The van der Waals surface area contributed by atoms with E-state index in [-0.39, 0.29) is 11.5 Å². The Morgan fingerprint density at radius 3 is 2.62 bits per heavy atom. The summed E-state index contributed by atoms with van der Waals surface area (Å²) in [6.07, 6.45) is 3.33. The monoisotopic (exact) mass is 221 g/mol. The van der Waals surface area contributed by atoms with Gasteiger partial charge >= 0.3 is 0 Å². The van der Waals surface area contributed by atoms with Gasteiger partial charge in [0.1, 0.15) is 0 Å². The Morgan fingerprint density at radius 1 is 1.25 bits per heavy atom. The van der Waals surface area contributed by atoms with Crippen molar-refractivity contribution in [2.45, 2.75) is 25.2 Å². The summed E-state index contributed by atoms with van der Waals surface area (Å²) in [5, 5.41) is 19.0. The van der Waals surface area contributed by atoms with Crippen molar-refractivity contribution in [3.05, 3.63) is 23.3 Å². The van der Waals surface area contributed by atoms with Crippen LogP contribution in [0.3, 0.4) is 0 Å². The van der Waals surface area contributed by atoms with E-state index in [0.717, 1.165) is 25.8 Å². The van der Waals surface area contributed by atoms with Gasteiger partial charge in [-0.2, -0.15) is 0 Å². The van der Waals surface area contributed by atoms with Gasteiger partial charge in [0.25, 0.3) is 0 Å². The molecule has 0 aliphatic heterocycles. The van der Waals surface area contributed by atoms with E-state index >= 15 is 0 Å². The normalized spacial score (nSPS) is 19.8. The highest BCUT2D eigenvalue weighted by Gasteiger charge is 2.22. The van der Waals surface area contributed by atoms with Crippen LogP contribution in [-0.4, -0.2) is 35.8 Å². The number of likely N-dealkylation sites (N-methyl/N-ethyl adjacent to an activating group) is 1. The molecule has 0 heterocycles. The average Bonchev–Trinajstić information content (AvgIpc) is 2.20. The van der Waals surface area contributed by atoms with Gasteiger partial charge in [0.05, 0.1) is 0 Å². The van der Waals surface area contributed by atoms with Gasteiger partial charge < -0.3 is 15.1 Å². The number of benzene rings is 1. The molecule has 88 valence electrons. The first-order chi connectivity index (χ1) is 7.58. The minimum atomic E-state index is 0.00394. The van der Waals surface area contributed by atoms with Crippen LogP contribution < -0.4 is 0 Å². The lowest BCUT2D eigenvalue weighted by molar-refractivity contribution is 0.349. The molecule has 0 amide bonds. The molecule has 1 unspecified atom stereocenters. The third kappa shape index (κ3) is 2.14. The number of phenols is 2. The first kappa shape index (κ1) is 11.3. The second-order valence-corrected chi connectivity index (χ2v) is 4.89. The molecule has 3 heteroatoms. The fourth-order valence-corrected chi connectivity index (χ4v) is 2.56. The Hall–Kier alpha value is -1.22. The lowest BCUT2D eigenvalue weighted by Crippen LogP contribution is -2.23. The number of hydrogen-bond donors (Lipinski definition) is 2. The van der Waals surface area contributed by atoms with E-state index < -0.39 is 0 Å². The summed E-state index contributed by atoms with van der Waals surface area (Å²) < 4.78 is 0. The van der Waals surface area contributed by atoms with Crippen molar-refractivity contribution < 1.29 is 10.2 Å². The van der Waals surface area contributed by atoms with Gasteiger partial charge in [-0.3, -0.25) is 0 Å². The summed E-state index contributed by atoms with van der Waals surface area (Å²) in [4.78, 5) is 2.17. The van der Waals surface area contributed by atoms with Crippen LogP contribution in [0.15, 0.2) is 12.1 Å². The van der Waals surface area contributed by atoms with Gasteiger partial charge in [-0.15, -0.1) is 0 Å². The topological polar surface area (TPSA) is 43.7 Å². The smallest absolute Gasteiger partial charge is 0.157 e. The van der Waals surface area contributed by atoms with Gasteiger partial charge in [0, 0.05) is 6.54 Å². The predicted molar refractivity (Wildman–Crippen MR) is 64.0 cm³/mol. The molecule has 0 aromatic heterocycles. The molecule has 0 fully saturated rings. The van der Waals surface area contributed by atoms with Crippen LogP contribution in [0.1, 0.15) is 29.9 Å². The van der Waals surface area contributed by atoms with Gasteiger partial charge in [-0.1, -0.05) is 0 Å². The Bertz CT molecular complexity index is 388. The Kier molecular flexibility index (Phi) is 3.06. The van der Waals surface area contributed by atoms with Crippen LogP contribution in [0.4, 0.5) is 0 Å². The molecule has 0 saturated heterocycles. The molecule has 3 nitrogen and oxygen atoms in total. The molecule has 1 aromatic rings. The lowest BCUT2D eigenvalue weighted by Gasteiger charge is -2.28. The van der Waals surface area contributed by atoms with Crippen molar-refractivity contribution in [1.29, 1.82) is 0 Å². The van der Waals surface area contributed by atoms with Crippen molar-refractivity contribution in [3.63, 3.8) is 0 Å². The zero-order valence-corrected chi connectivity index (χ0v) is 9.90. The first-order valence-corrected chi connectivity index (χ1v) is 5.77. The van der Waals surface area contributed by atoms with Gasteiger partial charge in [0.2, 0.25) is 0 Å². The zero-order chi connectivity index (χ0) is 11.7. The van der Waals surface area contributed by atoms with Crippen molar-refractivity contribution in [3.8, 4) is 11.5 Å². The Morgan fingerprint density at radius 2 is 1.94 bits per heavy atom. The Labute approximate surface area is 96.3 Å². The fraction of sp³-hybridized carbons (Fsp3) is 0.538. The highest BCUT2D eigenvalue weighted by molar-refractivity contribution is 5.47. The molecular weight excluding hydrogens is 202 g/mol. The summed E-state index contributed by atoms with van der Waals surface area (Å²) >= 11 is 0. The molecule has 1 aliphatic rings. The third-order valence-electron chi connectivity index (χ3n) is 3.26. The largest absolute Gasteiger partial charge is 0.504 e. The Balaban J connectivity index is 2.34. The zero-order valence-electron chi connectivity index (χ0n) is 9.90. The van der Waals surface area contributed by atoms with Crippen LogP contribution in [0.5, 0.6) is 11.5 Å². The van der Waals surface area contributed by atoms with Crippen molar-refractivity contribution in [1.82, 2.24) is 4.90 Å². The molecule has 0 spiro atoms. The highest BCUT2D eigenvalue weighted by Crippen LogP contribution is 2.38. The minimum Gasteiger partial charge on any atom is -0.504 e. The van der Waals surface area contributed by atoms with Gasteiger partial charge in [-0.25, -0.2) is 0 Å². The highest BCUT2D eigenvalue weighted by atomic mass is 16.3. The van der Waals surface area contributed by atoms with Crippen molar-refractivity contribution in [2.24, 2.45) is 0 Å². The van der Waals surface area contributed by atoms with Crippen molar-refractivity contribution >= 4 is 0 Å². The van der Waals surface area contributed by atoms with Crippen LogP contribution >= 0.6 is 0 Å². The van der Waals surface area contributed by atoms with Crippen molar-refractivity contribution in [2.75, 3.05) is 20.6 Å². The summed E-state index contributed by atoms with van der Waals surface area (Å²) in [6, 6.07) is 3.45. The summed E-state index contributed by atoms with van der Waals surface area (Å²) in [7, 11) is 4.13. The molecule has 1 aromatic carbocycles. The standard InChI is InChI=1S/C13H19NO2/c1-14(2)8-10-5-3-4-9-6-12(15)13(16)7-11(9)10/h6-7,10,15-16H,3-5,8H2,1-2H3.